The van der Waals surface area contributed by atoms with E-state index in [-0.39, 0.29) is 29.3 Å². The summed E-state index contributed by atoms with van der Waals surface area (Å²) >= 11 is 0. The maximum Gasteiger partial charge on any atom is 0.416 e. The van der Waals surface area contributed by atoms with E-state index in [1.807, 2.05) is 0 Å². The number of hydrogen-bond acceptors (Lipinski definition) is 6. The monoisotopic (exact) mass is 468 g/mol. The molecule has 0 saturated heterocycles. The van der Waals surface area contributed by atoms with Crippen LogP contribution < -0.4 is 10.6 Å². The third kappa shape index (κ3) is 5.99. The number of benzene rings is 2. The molecule has 2 N–H and O–H groups in total. The third-order valence-corrected chi connectivity index (χ3v) is 4.76. The molecule has 0 aliphatic heterocycles. The Morgan fingerprint density at radius 3 is 2.39 bits per heavy atom. The number of amides is 1. The van der Waals surface area contributed by atoms with Crippen molar-refractivity contribution in [3.05, 3.63) is 64.0 Å². The first-order valence-corrected chi connectivity index (χ1v) is 9.72. The minimum Gasteiger partial charge on any atom is -0.398 e. The van der Waals surface area contributed by atoms with Crippen molar-refractivity contribution in [2.75, 3.05) is 26.5 Å². The molecule has 0 aliphatic carbocycles. The van der Waals surface area contributed by atoms with Crippen LogP contribution in [-0.4, -0.2) is 38.5 Å². The summed E-state index contributed by atoms with van der Waals surface area (Å²) < 4.78 is 53.6. The largest absolute Gasteiger partial charge is 0.416 e. The number of likely N-dealkylation sites (N-methyl/N-ethyl adjacent to an activating group) is 1. The fourth-order valence-electron chi connectivity index (χ4n) is 3.09. The Morgan fingerprint density at radius 2 is 1.82 bits per heavy atom. The molecule has 1 amide bonds. The number of halogens is 4. The van der Waals surface area contributed by atoms with Crippen LogP contribution in [0.2, 0.25) is 0 Å². The van der Waals surface area contributed by atoms with Crippen LogP contribution in [0, 0.1) is 12.7 Å². The van der Waals surface area contributed by atoms with Gasteiger partial charge >= 0.3 is 6.18 Å². The van der Waals surface area contributed by atoms with E-state index >= 15 is 0 Å². The average Bonchev–Trinajstić information content (AvgIpc) is 2.76. The maximum atomic E-state index is 14.2. The van der Waals surface area contributed by atoms with Gasteiger partial charge in [-0.1, -0.05) is 28.5 Å². The van der Waals surface area contributed by atoms with Crippen molar-refractivity contribution < 1.29 is 32.0 Å². The second kappa shape index (κ2) is 10.8. The number of rotatable bonds is 8. The standard InChI is InChI=1S/C22H24F4N4O3/c1-12-7-6-8-15(20(30-32-5)21(31)28-4)17(12)11-33-29-13(2)16-9-14(22(24,25)26)10-18(23)19(16)27-3/h6-10,27H,11H2,1-5H3,(H,28,31)/b29-13+,30-20+. The summed E-state index contributed by atoms with van der Waals surface area (Å²) in [4.78, 5) is 22.4. The lowest BCUT2D eigenvalue weighted by molar-refractivity contribution is -0.137. The Morgan fingerprint density at radius 1 is 1.12 bits per heavy atom. The van der Waals surface area contributed by atoms with Crippen LogP contribution >= 0.6 is 0 Å². The second-order valence-electron chi connectivity index (χ2n) is 6.88. The van der Waals surface area contributed by atoms with E-state index in [1.165, 1.54) is 28.1 Å². The molecular formula is C22H24F4N4O3. The zero-order chi connectivity index (χ0) is 24.8. The smallest absolute Gasteiger partial charge is 0.398 e. The molecule has 0 heterocycles. The van der Waals surface area contributed by atoms with Gasteiger partial charge in [0.15, 0.2) is 5.71 Å². The molecule has 0 aromatic heterocycles. The number of alkyl halides is 3. The van der Waals surface area contributed by atoms with E-state index in [9.17, 15) is 22.4 Å². The number of carbonyl (C=O) groups excluding carboxylic acids is 1. The van der Waals surface area contributed by atoms with Crippen LogP contribution in [0.25, 0.3) is 0 Å². The quantitative estimate of drug-likeness (QED) is 0.345. The van der Waals surface area contributed by atoms with Gasteiger partial charge in [-0.3, -0.25) is 4.79 Å². The number of hydrogen-bond donors (Lipinski definition) is 2. The van der Waals surface area contributed by atoms with Gasteiger partial charge in [0.25, 0.3) is 5.91 Å². The maximum absolute atomic E-state index is 14.2. The number of aryl methyl sites for hydroxylation is 1. The molecule has 0 atom stereocenters. The van der Waals surface area contributed by atoms with Gasteiger partial charge in [0.05, 0.1) is 17.0 Å². The van der Waals surface area contributed by atoms with Gasteiger partial charge in [0.2, 0.25) is 0 Å². The Kier molecular flexibility index (Phi) is 8.38. The van der Waals surface area contributed by atoms with Crippen LogP contribution in [0.1, 0.15) is 34.7 Å². The van der Waals surface area contributed by atoms with Gasteiger partial charge in [-0.25, -0.2) is 4.39 Å². The topological polar surface area (TPSA) is 84.3 Å². The first kappa shape index (κ1) is 25.6. The number of carbonyl (C=O) groups is 1. The first-order valence-electron chi connectivity index (χ1n) is 9.72. The van der Waals surface area contributed by atoms with Crippen LogP contribution in [0.15, 0.2) is 40.6 Å². The van der Waals surface area contributed by atoms with E-state index in [2.05, 4.69) is 20.9 Å². The summed E-state index contributed by atoms with van der Waals surface area (Å²) in [6.07, 6.45) is -4.73. The summed E-state index contributed by atoms with van der Waals surface area (Å²) in [6.45, 7) is 3.06. The predicted molar refractivity (Wildman–Crippen MR) is 117 cm³/mol. The Hall–Kier alpha value is -3.63. The van der Waals surface area contributed by atoms with Gasteiger partial charge in [-0.05, 0) is 31.5 Å². The summed E-state index contributed by atoms with van der Waals surface area (Å²) in [6, 6.07) is 6.37. The number of anilines is 1. The van der Waals surface area contributed by atoms with Crippen LogP contribution in [0.5, 0.6) is 0 Å². The second-order valence-corrected chi connectivity index (χ2v) is 6.88. The molecule has 0 unspecified atom stereocenters. The van der Waals surface area contributed by atoms with Crippen LogP contribution in [-0.2, 0) is 27.3 Å². The third-order valence-electron chi connectivity index (χ3n) is 4.76. The highest BCUT2D eigenvalue weighted by atomic mass is 19.4. The minimum absolute atomic E-state index is 0.0143. The van der Waals surface area contributed by atoms with Crippen LogP contribution in [0.3, 0.4) is 0 Å². The van der Waals surface area contributed by atoms with Crippen molar-refractivity contribution in [3.63, 3.8) is 0 Å². The molecule has 7 nitrogen and oxygen atoms in total. The molecule has 33 heavy (non-hydrogen) atoms. The van der Waals surface area contributed by atoms with Gasteiger partial charge < -0.3 is 20.3 Å². The van der Waals surface area contributed by atoms with Gasteiger partial charge in [0.1, 0.15) is 19.5 Å². The predicted octanol–water partition coefficient (Wildman–Crippen LogP) is 4.23. The molecular weight excluding hydrogens is 444 g/mol. The molecule has 0 saturated carbocycles. The van der Waals surface area contributed by atoms with Gasteiger partial charge in [-0.2, -0.15) is 13.2 Å². The SMILES string of the molecule is CNC(=O)/C(=N/OC)c1cccc(C)c1CO/N=C(\C)c1cc(C(F)(F)F)cc(F)c1NC. The summed E-state index contributed by atoms with van der Waals surface area (Å²) in [5.74, 6) is -1.55. The fraction of sp³-hybridized carbons (Fsp3) is 0.318. The van der Waals surface area contributed by atoms with Crippen molar-refractivity contribution in [1.29, 1.82) is 0 Å². The average molecular weight is 468 g/mol. The van der Waals surface area contributed by atoms with E-state index in [0.717, 1.165) is 11.6 Å². The number of nitrogens with zero attached hydrogens (tertiary/aromatic N) is 2. The van der Waals surface area contributed by atoms with Crippen molar-refractivity contribution in [2.45, 2.75) is 26.6 Å². The highest BCUT2D eigenvalue weighted by Crippen LogP contribution is 2.34. The van der Waals surface area contributed by atoms with E-state index in [1.54, 1.807) is 25.1 Å². The van der Waals surface area contributed by atoms with E-state index < -0.39 is 23.5 Å². The molecule has 0 aliphatic rings. The zero-order valence-corrected chi connectivity index (χ0v) is 18.7. The Bertz CT molecular complexity index is 1080. The molecule has 0 radical (unpaired) electrons. The Balaban J connectivity index is 2.41. The molecule has 0 spiro atoms. The number of nitrogens with one attached hydrogen (secondary N) is 2. The lowest BCUT2D eigenvalue weighted by Gasteiger charge is -2.15. The zero-order valence-electron chi connectivity index (χ0n) is 18.7. The van der Waals surface area contributed by atoms with Crippen LogP contribution in [0.4, 0.5) is 23.2 Å². The highest BCUT2D eigenvalue weighted by Gasteiger charge is 2.32. The summed E-state index contributed by atoms with van der Waals surface area (Å²) in [7, 11) is 4.13. The lowest BCUT2D eigenvalue weighted by Crippen LogP contribution is -2.29. The van der Waals surface area contributed by atoms with Crippen molar-refractivity contribution >= 4 is 23.0 Å². The van der Waals surface area contributed by atoms with Crippen molar-refractivity contribution in [3.8, 4) is 0 Å². The fourth-order valence-corrected chi connectivity index (χ4v) is 3.09. The van der Waals surface area contributed by atoms with Gasteiger partial charge in [-0.15, -0.1) is 0 Å². The van der Waals surface area contributed by atoms with Crippen molar-refractivity contribution in [1.82, 2.24) is 5.32 Å². The van der Waals surface area contributed by atoms with Crippen molar-refractivity contribution in [2.24, 2.45) is 10.3 Å². The molecule has 11 heteroatoms. The normalized spacial score (nSPS) is 12.4. The van der Waals surface area contributed by atoms with E-state index in [4.69, 9.17) is 9.68 Å². The van der Waals surface area contributed by atoms with Gasteiger partial charge in [0, 0.05) is 30.8 Å². The lowest BCUT2D eigenvalue weighted by atomic mass is 9.98. The van der Waals surface area contributed by atoms with E-state index in [0.29, 0.717) is 17.2 Å². The number of oxime groups is 2. The molecule has 2 aromatic carbocycles. The molecule has 2 aromatic rings. The highest BCUT2D eigenvalue weighted by molar-refractivity contribution is 6.45. The molecule has 2 rings (SSSR count). The molecule has 0 fully saturated rings. The minimum atomic E-state index is -4.73. The molecule has 178 valence electrons. The summed E-state index contributed by atoms with van der Waals surface area (Å²) in [5.41, 5.74) is 0.421. The Labute approximate surface area is 188 Å². The summed E-state index contributed by atoms with van der Waals surface area (Å²) in [5, 5.41) is 12.7. The first-order chi connectivity index (χ1) is 15.5. The molecule has 0 bridgehead atoms.